The van der Waals surface area contributed by atoms with Crippen LogP contribution in [0, 0.1) is 9.39 Å². The normalized spacial score (nSPS) is 17.6. The van der Waals surface area contributed by atoms with Crippen LogP contribution >= 0.6 is 38.5 Å². The van der Waals surface area contributed by atoms with E-state index in [9.17, 15) is 14.0 Å². The molecule has 0 aliphatic carbocycles. The number of hydrogen-bond acceptors (Lipinski definition) is 4. The molecule has 0 atom stereocenters. The topological polar surface area (TPSA) is 52.6 Å². The molecule has 0 saturated carbocycles. The molecule has 1 aromatic carbocycles. The largest absolute Gasteiger partial charge is 0.419 e. The van der Waals surface area contributed by atoms with Crippen LogP contribution in [0.5, 0.6) is 0 Å². The summed E-state index contributed by atoms with van der Waals surface area (Å²) in [6.45, 7) is 2.89. The highest BCUT2D eigenvalue weighted by molar-refractivity contribution is 14.1. The third-order valence-electron chi connectivity index (χ3n) is 2.46. The number of carbonyl (C=O) groups is 2. The Morgan fingerprint density at radius 2 is 1.80 bits per heavy atom. The molecule has 1 fully saturated rings. The molecule has 1 saturated heterocycles. The molecule has 1 aliphatic heterocycles. The van der Waals surface area contributed by atoms with Crippen molar-refractivity contribution in [2.75, 3.05) is 0 Å². The molecule has 106 valence electrons. The van der Waals surface area contributed by atoms with E-state index < -0.39 is 23.5 Å². The van der Waals surface area contributed by atoms with Gasteiger partial charge < -0.3 is 9.47 Å². The smallest absolute Gasteiger partial charge is 0.348 e. The molecule has 0 amide bonds. The Labute approximate surface area is 136 Å². The molecule has 0 bridgehead atoms. The van der Waals surface area contributed by atoms with Crippen molar-refractivity contribution >= 4 is 56.5 Å². The zero-order valence-corrected chi connectivity index (χ0v) is 14.2. The minimum Gasteiger partial charge on any atom is -0.419 e. The van der Waals surface area contributed by atoms with Crippen LogP contribution in [0.3, 0.4) is 0 Å². The minimum atomic E-state index is -1.31. The molecule has 7 heteroatoms. The Balaban J connectivity index is 2.43. The van der Waals surface area contributed by atoms with E-state index in [1.54, 1.807) is 0 Å². The van der Waals surface area contributed by atoms with Crippen LogP contribution in [-0.4, -0.2) is 17.7 Å². The van der Waals surface area contributed by atoms with Crippen LogP contribution in [0.2, 0.25) is 0 Å². The quantitative estimate of drug-likeness (QED) is 0.214. The lowest BCUT2D eigenvalue weighted by Crippen LogP contribution is -2.41. The summed E-state index contributed by atoms with van der Waals surface area (Å²) in [6.07, 6.45) is 1.13. The van der Waals surface area contributed by atoms with Crippen LogP contribution in [0.1, 0.15) is 19.4 Å². The standard InChI is InChI=1S/C13H9BrFIO4/c1-13(2)19-11(17)7(12(18)20-13)3-6-4-10(16)8(14)5-9(6)15/h3-5H,1-2H3. The van der Waals surface area contributed by atoms with Crippen molar-refractivity contribution < 1.29 is 23.5 Å². The van der Waals surface area contributed by atoms with Gasteiger partial charge in [-0.3, -0.25) is 0 Å². The highest BCUT2D eigenvalue weighted by Gasteiger charge is 2.38. The number of ether oxygens (including phenoxy) is 2. The molecule has 2 rings (SSSR count). The van der Waals surface area contributed by atoms with Crippen LogP contribution in [0.25, 0.3) is 6.08 Å². The van der Waals surface area contributed by atoms with E-state index in [2.05, 4.69) is 15.9 Å². The molecule has 0 aromatic heterocycles. The fourth-order valence-corrected chi connectivity index (χ4v) is 2.39. The Morgan fingerprint density at radius 3 is 2.35 bits per heavy atom. The minimum absolute atomic E-state index is 0.112. The SMILES string of the molecule is CC1(C)OC(=O)C(=Cc2cc(I)c(Br)cc2F)C(=O)O1. The lowest BCUT2D eigenvalue weighted by Gasteiger charge is -2.29. The summed E-state index contributed by atoms with van der Waals surface area (Å²) in [5, 5.41) is 0. The zero-order valence-electron chi connectivity index (χ0n) is 10.5. The monoisotopic (exact) mass is 454 g/mol. The summed E-state index contributed by atoms with van der Waals surface area (Å²) in [4.78, 5) is 23.5. The van der Waals surface area contributed by atoms with Gasteiger partial charge in [-0.25, -0.2) is 14.0 Å². The van der Waals surface area contributed by atoms with Crippen LogP contribution < -0.4 is 0 Å². The summed E-state index contributed by atoms with van der Waals surface area (Å²) in [6, 6.07) is 2.77. The first-order valence-corrected chi connectivity index (χ1v) is 7.40. The molecule has 4 nitrogen and oxygen atoms in total. The van der Waals surface area contributed by atoms with Gasteiger partial charge in [-0.1, -0.05) is 0 Å². The van der Waals surface area contributed by atoms with E-state index in [4.69, 9.17) is 9.47 Å². The maximum Gasteiger partial charge on any atom is 0.348 e. The second-order valence-electron chi connectivity index (χ2n) is 4.52. The second kappa shape index (κ2) is 5.44. The van der Waals surface area contributed by atoms with Crippen molar-refractivity contribution in [3.63, 3.8) is 0 Å². The van der Waals surface area contributed by atoms with Crippen LogP contribution in [-0.2, 0) is 19.1 Å². The van der Waals surface area contributed by atoms with E-state index in [0.29, 0.717) is 4.47 Å². The van der Waals surface area contributed by atoms with E-state index in [1.165, 1.54) is 26.0 Å². The molecule has 1 aliphatic rings. The maximum absolute atomic E-state index is 13.8. The number of hydrogen-bond donors (Lipinski definition) is 0. The van der Waals surface area contributed by atoms with Gasteiger partial charge in [-0.2, -0.15) is 0 Å². The average molecular weight is 455 g/mol. The zero-order chi connectivity index (χ0) is 15.1. The van der Waals surface area contributed by atoms with Crippen molar-refractivity contribution in [1.29, 1.82) is 0 Å². The fourth-order valence-electron chi connectivity index (χ4n) is 1.58. The van der Waals surface area contributed by atoms with Gasteiger partial charge >= 0.3 is 11.9 Å². The lowest BCUT2D eigenvalue weighted by molar-refractivity contribution is -0.222. The van der Waals surface area contributed by atoms with Crippen LogP contribution in [0.15, 0.2) is 22.2 Å². The molecular formula is C13H9BrFIO4. The van der Waals surface area contributed by atoms with E-state index in [0.717, 1.165) is 9.65 Å². The van der Waals surface area contributed by atoms with Gasteiger partial charge in [0, 0.05) is 27.5 Å². The number of benzene rings is 1. The van der Waals surface area contributed by atoms with E-state index >= 15 is 0 Å². The van der Waals surface area contributed by atoms with Gasteiger partial charge in [0.2, 0.25) is 0 Å². The summed E-state index contributed by atoms with van der Waals surface area (Å²) < 4.78 is 25.0. The second-order valence-corrected chi connectivity index (χ2v) is 6.54. The summed E-state index contributed by atoms with van der Waals surface area (Å²) in [7, 11) is 0. The highest BCUT2D eigenvalue weighted by atomic mass is 127. The third-order valence-corrected chi connectivity index (χ3v) is 4.75. The number of esters is 2. The van der Waals surface area contributed by atoms with Crippen molar-refractivity contribution in [3.05, 3.63) is 37.1 Å². The third kappa shape index (κ3) is 3.20. The van der Waals surface area contributed by atoms with Gasteiger partial charge in [0.15, 0.2) is 0 Å². The Bertz CT molecular complexity index is 618. The van der Waals surface area contributed by atoms with E-state index in [-0.39, 0.29) is 11.1 Å². The Morgan fingerprint density at radius 1 is 1.25 bits per heavy atom. The summed E-state index contributed by atoms with van der Waals surface area (Å²) >= 11 is 5.19. The lowest BCUT2D eigenvalue weighted by atomic mass is 10.1. The predicted octanol–water partition coefficient (Wildman–Crippen LogP) is 3.41. The average Bonchev–Trinajstić information content (AvgIpc) is 2.28. The first kappa shape index (κ1) is 15.4. The fraction of sp³-hybridized carbons (Fsp3) is 0.231. The summed E-state index contributed by atoms with van der Waals surface area (Å²) in [5.74, 6) is -3.53. The molecule has 0 unspecified atom stereocenters. The van der Waals surface area contributed by atoms with Crippen molar-refractivity contribution in [2.45, 2.75) is 19.6 Å². The molecule has 1 aromatic rings. The molecule has 0 N–H and O–H groups in total. The predicted molar refractivity (Wildman–Crippen MR) is 81.1 cm³/mol. The summed E-state index contributed by atoms with van der Waals surface area (Å²) in [5.41, 5.74) is -0.220. The highest BCUT2D eigenvalue weighted by Crippen LogP contribution is 2.27. The van der Waals surface area contributed by atoms with Gasteiger partial charge in [-0.15, -0.1) is 0 Å². The molecule has 1 heterocycles. The van der Waals surface area contributed by atoms with Gasteiger partial charge in [-0.05, 0) is 56.7 Å². The van der Waals surface area contributed by atoms with Gasteiger partial charge in [0.05, 0.1) is 0 Å². The maximum atomic E-state index is 13.8. The first-order valence-electron chi connectivity index (χ1n) is 5.52. The van der Waals surface area contributed by atoms with Crippen LogP contribution in [0.4, 0.5) is 4.39 Å². The first-order chi connectivity index (χ1) is 9.19. The number of carbonyl (C=O) groups excluding carboxylic acids is 2. The Hall–Kier alpha value is -0.960. The molecule has 0 radical (unpaired) electrons. The van der Waals surface area contributed by atoms with Crippen molar-refractivity contribution in [3.8, 4) is 0 Å². The van der Waals surface area contributed by atoms with Gasteiger partial charge in [0.1, 0.15) is 11.4 Å². The molecule has 0 spiro atoms. The molecular weight excluding hydrogens is 446 g/mol. The Kier molecular flexibility index (Phi) is 4.19. The number of halogens is 3. The van der Waals surface area contributed by atoms with Gasteiger partial charge in [0.25, 0.3) is 5.79 Å². The van der Waals surface area contributed by atoms with E-state index in [1.807, 2.05) is 22.6 Å². The van der Waals surface area contributed by atoms with Crippen molar-refractivity contribution in [2.24, 2.45) is 0 Å². The number of rotatable bonds is 1. The van der Waals surface area contributed by atoms with Crippen molar-refractivity contribution in [1.82, 2.24) is 0 Å². The number of cyclic esters (lactones) is 2. The molecule has 20 heavy (non-hydrogen) atoms.